The molecule has 3 aromatic rings. The normalized spacial score (nSPS) is 21.9. The fraction of sp³-hybridized carbons (Fsp3) is 0.421. The minimum absolute atomic E-state index is 0.0792. The summed E-state index contributed by atoms with van der Waals surface area (Å²) in [6.45, 7) is 5.66. The van der Waals surface area contributed by atoms with Gasteiger partial charge >= 0.3 is 0 Å². The fourth-order valence-corrected chi connectivity index (χ4v) is 3.61. The summed E-state index contributed by atoms with van der Waals surface area (Å²) in [6.07, 6.45) is 5.01. The Morgan fingerprint density at radius 2 is 2.23 bits per heavy atom. The molecule has 7 heteroatoms. The quantitative estimate of drug-likeness (QED) is 0.779. The fourth-order valence-electron chi connectivity index (χ4n) is 3.61. The number of ether oxygens (including phenoxy) is 2. The summed E-state index contributed by atoms with van der Waals surface area (Å²) < 4.78 is 11.9. The van der Waals surface area contributed by atoms with Crippen molar-refractivity contribution in [3.63, 3.8) is 0 Å². The molecule has 0 bridgehead atoms. The maximum Gasteiger partial charge on any atom is 0.133 e. The van der Waals surface area contributed by atoms with E-state index in [9.17, 15) is 0 Å². The van der Waals surface area contributed by atoms with Crippen LogP contribution in [0.5, 0.6) is 5.75 Å². The molecule has 1 N–H and O–H groups in total. The molecule has 0 aromatic carbocycles. The Morgan fingerprint density at radius 1 is 1.31 bits per heavy atom. The number of rotatable bonds is 4. The van der Waals surface area contributed by atoms with Crippen LogP contribution in [0.2, 0.25) is 0 Å². The highest BCUT2D eigenvalue weighted by molar-refractivity contribution is 5.95. The van der Waals surface area contributed by atoms with Crippen LogP contribution in [-0.2, 0) is 4.74 Å². The summed E-state index contributed by atoms with van der Waals surface area (Å²) in [6, 6.07) is 6.35. The number of pyridine rings is 2. The van der Waals surface area contributed by atoms with E-state index in [-0.39, 0.29) is 6.10 Å². The average Bonchev–Trinajstić information content (AvgIpc) is 3.24. The van der Waals surface area contributed by atoms with Crippen molar-refractivity contribution in [2.75, 3.05) is 18.1 Å². The Labute approximate surface area is 151 Å². The first kappa shape index (κ1) is 15.6. The zero-order valence-electron chi connectivity index (χ0n) is 14.8. The zero-order valence-corrected chi connectivity index (χ0v) is 14.8. The van der Waals surface area contributed by atoms with E-state index in [0.29, 0.717) is 12.1 Å². The molecule has 1 aliphatic carbocycles. The van der Waals surface area contributed by atoms with E-state index in [0.717, 1.165) is 53.4 Å². The van der Waals surface area contributed by atoms with E-state index in [1.54, 1.807) is 12.4 Å². The predicted octanol–water partition coefficient (Wildman–Crippen LogP) is 2.78. The molecule has 2 atom stereocenters. The Hall–Kier alpha value is -2.67. The molecule has 2 unspecified atom stereocenters. The zero-order chi connectivity index (χ0) is 17.7. The number of nitrogens with one attached hydrogen (secondary N) is 1. The van der Waals surface area contributed by atoms with Crippen molar-refractivity contribution in [3.05, 3.63) is 30.6 Å². The van der Waals surface area contributed by atoms with Crippen molar-refractivity contribution in [1.29, 1.82) is 0 Å². The van der Waals surface area contributed by atoms with Crippen molar-refractivity contribution in [3.8, 4) is 17.1 Å². The molecule has 2 aliphatic rings. The molecule has 7 nitrogen and oxygen atoms in total. The number of hydrogen-bond donors (Lipinski definition) is 1. The molecule has 0 spiro atoms. The predicted molar refractivity (Wildman–Crippen MR) is 98.4 cm³/mol. The van der Waals surface area contributed by atoms with E-state index in [4.69, 9.17) is 14.5 Å². The van der Waals surface area contributed by atoms with Gasteiger partial charge in [-0.15, -0.1) is 0 Å². The van der Waals surface area contributed by atoms with Gasteiger partial charge in [-0.1, -0.05) is 0 Å². The van der Waals surface area contributed by atoms with Crippen molar-refractivity contribution in [2.45, 2.75) is 38.5 Å². The second kappa shape index (κ2) is 5.95. The van der Waals surface area contributed by atoms with Crippen LogP contribution in [-0.4, -0.2) is 51.6 Å². The number of morpholine rings is 1. The number of anilines is 1. The van der Waals surface area contributed by atoms with Gasteiger partial charge in [0.1, 0.15) is 22.8 Å². The van der Waals surface area contributed by atoms with Crippen molar-refractivity contribution < 1.29 is 9.47 Å². The SMILES string of the molecule is CC(C)Oc1cc(N2CCOC3CC32)nc2c(-c3ccn[nH]3)nccc12. The lowest BCUT2D eigenvalue weighted by Gasteiger charge is -2.28. The largest absolute Gasteiger partial charge is 0.490 e. The Bertz CT molecular complexity index is 941. The van der Waals surface area contributed by atoms with E-state index < -0.39 is 0 Å². The third kappa shape index (κ3) is 2.59. The number of aromatic amines is 1. The van der Waals surface area contributed by atoms with Crippen molar-refractivity contribution in [2.24, 2.45) is 0 Å². The van der Waals surface area contributed by atoms with Crippen LogP contribution in [0.15, 0.2) is 30.6 Å². The maximum absolute atomic E-state index is 6.13. The number of aromatic nitrogens is 4. The smallest absolute Gasteiger partial charge is 0.133 e. The van der Waals surface area contributed by atoms with Crippen LogP contribution in [0.4, 0.5) is 5.82 Å². The van der Waals surface area contributed by atoms with Crippen LogP contribution in [0.3, 0.4) is 0 Å². The van der Waals surface area contributed by atoms with Gasteiger partial charge in [0.2, 0.25) is 0 Å². The second-order valence-electron chi connectivity index (χ2n) is 7.08. The molecule has 5 rings (SSSR count). The van der Waals surface area contributed by atoms with Gasteiger partial charge in [0.05, 0.1) is 30.6 Å². The monoisotopic (exact) mass is 351 g/mol. The molecule has 2 fully saturated rings. The molecule has 1 saturated heterocycles. The van der Waals surface area contributed by atoms with Gasteiger partial charge in [0, 0.05) is 30.4 Å². The summed E-state index contributed by atoms with van der Waals surface area (Å²) in [5.41, 5.74) is 2.46. The molecule has 26 heavy (non-hydrogen) atoms. The standard InChI is InChI=1S/C19H21N5O2/c1-11(2)26-15-10-17(24-7-8-25-16-9-14(16)24)22-18-12(15)3-5-20-19(18)13-4-6-21-23-13/h3-6,10-11,14,16H,7-9H2,1-2H3,(H,21,23). The van der Waals surface area contributed by atoms with Gasteiger partial charge in [-0.25, -0.2) is 4.98 Å². The number of H-pyrrole nitrogens is 1. The average molecular weight is 351 g/mol. The molecular weight excluding hydrogens is 330 g/mol. The molecule has 0 amide bonds. The minimum Gasteiger partial charge on any atom is -0.490 e. The van der Waals surface area contributed by atoms with Crippen LogP contribution in [0.25, 0.3) is 22.3 Å². The van der Waals surface area contributed by atoms with E-state index in [2.05, 4.69) is 26.1 Å². The van der Waals surface area contributed by atoms with Crippen LogP contribution in [0.1, 0.15) is 20.3 Å². The van der Waals surface area contributed by atoms with Crippen LogP contribution < -0.4 is 9.64 Å². The Morgan fingerprint density at radius 3 is 3.04 bits per heavy atom. The molecular formula is C19H21N5O2. The lowest BCUT2D eigenvalue weighted by atomic mass is 10.1. The lowest BCUT2D eigenvalue weighted by Crippen LogP contribution is -2.37. The van der Waals surface area contributed by atoms with Crippen LogP contribution >= 0.6 is 0 Å². The highest BCUT2D eigenvalue weighted by Gasteiger charge is 2.46. The lowest BCUT2D eigenvalue weighted by molar-refractivity contribution is 0.103. The number of nitrogens with zero attached hydrogens (tertiary/aromatic N) is 4. The third-order valence-corrected chi connectivity index (χ3v) is 4.85. The van der Waals surface area contributed by atoms with E-state index >= 15 is 0 Å². The van der Waals surface area contributed by atoms with Gasteiger partial charge in [-0.3, -0.25) is 10.1 Å². The van der Waals surface area contributed by atoms with Crippen molar-refractivity contribution in [1.82, 2.24) is 20.2 Å². The number of fused-ring (bicyclic) bond motifs is 2. The highest BCUT2D eigenvalue weighted by atomic mass is 16.5. The van der Waals surface area contributed by atoms with Crippen molar-refractivity contribution >= 4 is 16.7 Å². The van der Waals surface area contributed by atoms with Gasteiger partial charge in [-0.05, 0) is 32.4 Å². The summed E-state index contributed by atoms with van der Waals surface area (Å²) in [7, 11) is 0. The highest BCUT2D eigenvalue weighted by Crippen LogP contribution is 2.40. The summed E-state index contributed by atoms with van der Waals surface area (Å²) in [5.74, 6) is 1.77. The molecule has 1 saturated carbocycles. The van der Waals surface area contributed by atoms with Crippen LogP contribution in [0, 0.1) is 0 Å². The minimum atomic E-state index is 0.0792. The summed E-state index contributed by atoms with van der Waals surface area (Å²) in [4.78, 5) is 11.9. The first-order valence-electron chi connectivity index (χ1n) is 9.05. The number of hydrogen-bond acceptors (Lipinski definition) is 6. The van der Waals surface area contributed by atoms with E-state index in [1.165, 1.54) is 0 Å². The Balaban J connectivity index is 1.69. The van der Waals surface area contributed by atoms with Gasteiger partial charge in [0.15, 0.2) is 0 Å². The Kier molecular flexibility index (Phi) is 3.56. The van der Waals surface area contributed by atoms with Gasteiger partial charge in [-0.2, -0.15) is 5.10 Å². The second-order valence-corrected chi connectivity index (χ2v) is 7.08. The molecule has 3 aromatic heterocycles. The molecule has 0 radical (unpaired) electrons. The molecule has 4 heterocycles. The van der Waals surface area contributed by atoms with Gasteiger partial charge < -0.3 is 14.4 Å². The molecule has 1 aliphatic heterocycles. The topological polar surface area (TPSA) is 76.2 Å². The van der Waals surface area contributed by atoms with Gasteiger partial charge in [0.25, 0.3) is 0 Å². The first-order chi connectivity index (χ1) is 12.7. The van der Waals surface area contributed by atoms with E-state index in [1.807, 2.05) is 26.0 Å². The maximum atomic E-state index is 6.13. The molecule has 134 valence electrons. The third-order valence-electron chi connectivity index (χ3n) is 4.85. The summed E-state index contributed by atoms with van der Waals surface area (Å²) in [5, 5.41) is 8.01. The first-order valence-corrected chi connectivity index (χ1v) is 9.05. The summed E-state index contributed by atoms with van der Waals surface area (Å²) >= 11 is 0.